The van der Waals surface area contributed by atoms with Gasteiger partial charge in [-0.25, -0.2) is 9.37 Å². The van der Waals surface area contributed by atoms with Crippen LogP contribution in [0.3, 0.4) is 0 Å². The van der Waals surface area contributed by atoms with Crippen molar-refractivity contribution in [2.75, 3.05) is 45.8 Å². The Kier molecular flexibility index (Phi) is 7.52. The fourth-order valence-electron chi connectivity index (χ4n) is 4.37. The van der Waals surface area contributed by atoms with Crippen molar-refractivity contribution < 1.29 is 14.0 Å². The van der Waals surface area contributed by atoms with Crippen LogP contribution in [0.1, 0.15) is 51.6 Å². The van der Waals surface area contributed by atoms with Gasteiger partial charge in [-0.1, -0.05) is 25.0 Å². The van der Waals surface area contributed by atoms with E-state index in [2.05, 4.69) is 9.88 Å². The Balaban J connectivity index is 1.30. The zero-order valence-corrected chi connectivity index (χ0v) is 19.5. The molecule has 0 N–H and O–H groups in total. The van der Waals surface area contributed by atoms with E-state index in [0.29, 0.717) is 44.0 Å². The van der Waals surface area contributed by atoms with E-state index in [-0.39, 0.29) is 17.6 Å². The number of nitrogens with zero attached hydrogens (tertiary/aromatic N) is 4. The van der Waals surface area contributed by atoms with Gasteiger partial charge in [-0.05, 0) is 37.5 Å². The highest BCUT2D eigenvalue weighted by atomic mass is 32.1. The van der Waals surface area contributed by atoms with Crippen molar-refractivity contribution in [1.29, 1.82) is 0 Å². The molecule has 8 heteroatoms. The first kappa shape index (κ1) is 22.9. The Bertz CT molecular complexity index is 930. The summed E-state index contributed by atoms with van der Waals surface area (Å²) >= 11 is 1.42. The predicted octanol–water partition coefficient (Wildman–Crippen LogP) is 3.34. The molecule has 1 aromatic carbocycles. The van der Waals surface area contributed by atoms with Gasteiger partial charge in [0.1, 0.15) is 10.7 Å². The van der Waals surface area contributed by atoms with Crippen molar-refractivity contribution in [1.82, 2.24) is 19.7 Å². The van der Waals surface area contributed by atoms with Crippen molar-refractivity contribution in [3.05, 3.63) is 51.2 Å². The summed E-state index contributed by atoms with van der Waals surface area (Å²) in [7, 11) is 0. The van der Waals surface area contributed by atoms with Crippen LogP contribution in [0, 0.1) is 12.7 Å². The number of rotatable bonds is 5. The summed E-state index contributed by atoms with van der Waals surface area (Å²) < 4.78 is 13.1. The molecule has 2 aromatic rings. The largest absolute Gasteiger partial charge is 0.342 e. The number of aryl methyl sites for hydroxylation is 1. The van der Waals surface area contributed by atoms with E-state index in [9.17, 15) is 14.0 Å². The van der Waals surface area contributed by atoms with Crippen molar-refractivity contribution in [3.63, 3.8) is 0 Å². The number of hydrogen-bond acceptors (Lipinski definition) is 5. The second-order valence-corrected chi connectivity index (χ2v) is 9.77. The number of aromatic nitrogens is 1. The van der Waals surface area contributed by atoms with Crippen LogP contribution in [-0.4, -0.2) is 77.3 Å². The second-order valence-electron chi connectivity index (χ2n) is 8.69. The summed E-state index contributed by atoms with van der Waals surface area (Å²) in [6, 6.07) is 6.39. The first-order valence-electron chi connectivity index (χ1n) is 11.5. The van der Waals surface area contributed by atoms with E-state index in [1.807, 2.05) is 16.7 Å². The highest BCUT2D eigenvalue weighted by Gasteiger charge is 2.27. The minimum atomic E-state index is -0.257. The molecular formula is C24H31FN4O2S. The fourth-order valence-corrected chi connectivity index (χ4v) is 5.43. The minimum absolute atomic E-state index is 0.0175. The Hall–Kier alpha value is -2.32. The van der Waals surface area contributed by atoms with E-state index in [1.54, 1.807) is 12.1 Å². The molecule has 0 unspecified atom stereocenters. The number of carbonyl (C=O) groups excluding carboxylic acids is 2. The highest BCUT2D eigenvalue weighted by molar-refractivity contribution is 7.13. The van der Waals surface area contributed by atoms with Crippen molar-refractivity contribution in [2.45, 2.75) is 39.0 Å². The van der Waals surface area contributed by atoms with Gasteiger partial charge in [-0.15, -0.1) is 11.3 Å². The van der Waals surface area contributed by atoms with Gasteiger partial charge in [-0.3, -0.25) is 14.5 Å². The minimum Gasteiger partial charge on any atom is -0.342 e. The third-order valence-electron chi connectivity index (χ3n) is 6.28. The van der Waals surface area contributed by atoms with Gasteiger partial charge in [0.15, 0.2) is 0 Å². The second kappa shape index (κ2) is 10.5. The van der Waals surface area contributed by atoms with Gasteiger partial charge >= 0.3 is 0 Å². The lowest BCUT2D eigenvalue weighted by molar-refractivity contribution is -0.132. The number of halogens is 1. The van der Waals surface area contributed by atoms with Crippen LogP contribution >= 0.6 is 11.3 Å². The SMILES string of the molecule is Cc1nc(Cc2ccc(F)cc2)sc1C(=O)N1CCN(CC(=O)N2CCCCCC2)CC1. The maximum Gasteiger partial charge on any atom is 0.265 e. The predicted molar refractivity (Wildman–Crippen MR) is 123 cm³/mol. The number of likely N-dealkylation sites (tertiary alicyclic amines) is 1. The number of carbonyl (C=O) groups is 2. The molecule has 3 heterocycles. The average molecular weight is 459 g/mol. The Morgan fingerprint density at radius 3 is 2.25 bits per heavy atom. The van der Waals surface area contributed by atoms with E-state index in [4.69, 9.17) is 0 Å². The third-order valence-corrected chi connectivity index (χ3v) is 7.43. The molecule has 0 bridgehead atoms. The fraction of sp³-hybridized carbons (Fsp3) is 0.542. The summed E-state index contributed by atoms with van der Waals surface area (Å²) in [5, 5.41) is 0.860. The van der Waals surface area contributed by atoms with Gasteiger partial charge in [-0.2, -0.15) is 0 Å². The summed E-state index contributed by atoms with van der Waals surface area (Å²) in [5.41, 5.74) is 1.72. The number of amides is 2. The van der Waals surface area contributed by atoms with E-state index in [1.165, 1.54) is 36.3 Å². The van der Waals surface area contributed by atoms with Crippen LogP contribution in [0.5, 0.6) is 0 Å². The number of hydrogen-bond donors (Lipinski definition) is 0. The normalized spacial score (nSPS) is 17.9. The van der Waals surface area contributed by atoms with Gasteiger partial charge < -0.3 is 9.80 Å². The standard InChI is InChI=1S/C24H31FN4O2S/c1-18-23(32-21(26-18)16-19-6-8-20(25)9-7-19)24(31)29-14-12-27(13-15-29)17-22(30)28-10-4-2-3-5-11-28/h6-9H,2-5,10-17H2,1H3. The van der Waals surface area contributed by atoms with Gasteiger partial charge in [0.2, 0.25) is 5.91 Å². The van der Waals surface area contributed by atoms with Gasteiger partial charge in [0.25, 0.3) is 5.91 Å². The lowest BCUT2D eigenvalue weighted by Crippen LogP contribution is -2.51. The van der Waals surface area contributed by atoms with Crippen molar-refractivity contribution >= 4 is 23.2 Å². The first-order valence-corrected chi connectivity index (χ1v) is 12.3. The van der Waals surface area contributed by atoms with Gasteiger partial charge in [0, 0.05) is 45.7 Å². The lowest BCUT2D eigenvalue weighted by atomic mass is 10.1. The molecule has 4 rings (SSSR count). The lowest BCUT2D eigenvalue weighted by Gasteiger charge is -2.35. The number of thiazole rings is 1. The molecule has 0 aliphatic carbocycles. The Labute approximate surface area is 193 Å². The zero-order chi connectivity index (χ0) is 22.5. The quantitative estimate of drug-likeness (QED) is 0.690. The first-order chi connectivity index (χ1) is 15.5. The Morgan fingerprint density at radius 2 is 1.59 bits per heavy atom. The van der Waals surface area contributed by atoms with E-state index < -0.39 is 0 Å². The van der Waals surface area contributed by atoms with Crippen LogP contribution in [0.15, 0.2) is 24.3 Å². The molecule has 0 spiro atoms. The highest BCUT2D eigenvalue weighted by Crippen LogP contribution is 2.23. The topological polar surface area (TPSA) is 56.8 Å². The molecule has 2 aliphatic rings. The molecule has 0 atom stereocenters. The molecule has 32 heavy (non-hydrogen) atoms. The molecule has 0 radical (unpaired) electrons. The van der Waals surface area contributed by atoms with Crippen LogP contribution in [-0.2, 0) is 11.2 Å². The van der Waals surface area contributed by atoms with Crippen LogP contribution in [0.2, 0.25) is 0 Å². The summed E-state index contributed by atoms with van der Waals surface area (Å²) in [6.45, 7) is 6.74. The zero-order valence-electron chi connectivity index (χ0n) is 18.7. The molecule has 2 saturated heterocycles. The van der Waals surface area contributed by atoms with Crippen LogP contribution < -0.4 is 0 Å². The smallest absolute Gasteiger partial charge is 0.265 e. The monoisotopic (exact) mass is 458 g/mol. The van der Waals surface area contributed by atoms with Crippen molar-refractivity contribution in [2.24, 2.45) is 0 Å². The summed E-state index contributed by atoms with van der Waals surface area (Å²) in [4.78, 5) is 37.0. The average Bonchev–Trinajstić information content (AvgIpc) is 2.98. The summed E-state index contributed by atoms with van der Waals surface area (Å²) in [5.74, 6) is -0.0218. The molecule has 2 aliphatic heterocycles. The molecule has 2 fully saturated rings. The van der Waals surface area contributed by atoms with E-state index in [0.717, 1.165) is 42.2 Å². The molecule has 0 saturated carbocycles. The van der Waals surface area contributed by atoms with Crippen LogP contribution in [0.25, 0.3) is 0 Å². The third kappa shape index (κ3) is 5.72. The van der Waals surface area contributed by atoms with Crippen LogP contribution in [0.4, 0.5) is 4.39 Å². The van der Waals surface area contributed by atoms with Crippen molar-refractivity contribution in [3.8, 4) is 0 Å². The molecular weight excluding hydrogens is 427 g/mol. The number of piperazine rings is 1. The number of benzene rings is 1. The van der Waals surface area contributed by atoms with E-state index >= 15 is 0 Å². The molecule has 6 nitrogen and oxygen atoms in total. The molecule has 2 amide bonds. The molecule has 1 aromatic heterocycles. The van der Waals surface area contributed by atoms with Gasteiger partial charge in [0.05, 0.1) is 17.2 Å². The maximum absolute atomic E-state index is 13.1. The Morgan fingerprint density at radius 1 is 0.938 bits per heavy atom. The summed E-state index contributed by atoms with van der Waals surface area (Å²) in [6.07, 6.45) is 5.22. The maximum atomic E-state index is 13.1. The molecule has 172 valence electrons.